The molecule has 7 heteroatoms. The lowest BCUT2D eigenvalue weighted by molar-refractivity contribution is -0.143. The molecule has 1 saturated carbocycles. The van der Waals surface area contributed by atoms with Crippen LogP contribution in [-0.2, 0) is 4.79 Å². The van der Waals surface area contributed by atoms with Crippen LogP contribution in [0.4, 0.5) is 0 Å². The Kier molecular flexibility index (Phi) is 6.65. The average Bonchev–Trinajstić information content (AvgIpc) is 3.06. The van der Waals surface area contributed by atoms with Crippen LogP contribution in [0.3, 0.4) is 0 Å². The smallest absolute Gasteiger partial charge is 0.306 e. The number of aromatic nitrogens is 3. The van der Waals surface area contributed by atoms with Gasteiger partial charge >= 0.3 is 5.97 Å². The minimum atomic E-state index is -0.723. The molecule has 35 heavy (non-hydrogen) atoms. The Morgan fingerprint density at radius 3 is 2.71 bits per heavy atom. The highest BCUT2D eigenvalue weighted by atomic mass is 35.5. The van der Waals surface area contributed by atoms with Gasteiger partial charge in [-0.25, -0.2) is 4.98 Å². The number of halogens is 1. The summed E-state index contributed by atoms with van der Waals surface area (Å²) in [6.07, 6.45) is 17.5. The lowest BCUT2D eigenvalue weighted by atomic mass is 9.85. The van der Waals surface area contributed by atoms with Gasteiger partial charge in [-0.15, -0.1) is 0 Å². The molecule has 0 aliphatic heterocycles. The number of imidazole rings is 1. The number of ether oxygens (including phenoxy) is 1. The molecule has 2 N–H and O–H groups in total. The summed E-state index contributed by atoms with van der Waals surface area (Å²) in [5.74, 6) is -0.436. The number of aliphatic carboxylic acids is 1. The zero-order chi connectivity index (χ0) is 24.5. The maximum atomic E-state index is 11.2. The van der Waals surface area contributed by atoms with Gasteiger partial charge in [0.25, 0.3) is 6.01 Å². The van der Waals surface area contributed by atoms with Gasteiger partial charge in [0, 0.05) is 5.57 Å². The van der Waals surface area contributed by atoms with E-state index >= 15 is 0 Å². The fourth-order valence-electron chi connectivity index (χ4n) is 5.05. The van der Waals surface area contributed by atoms with Crippen molar-refractivity contribution < 1.29 is 14.6 Å². The standard InChI is InChI=1S/C28H30ClN3O3/c1-16-5-3-8-22(17(16)2)18-6-4-7-19(10-9-18)25-23(29)15-24-26(31-25)32-28(30-24)35-21-13-11-20(12-14-21)27(33)34/h3-4,7-10,15-16,20-21H,5-6,11-14H2,1-2H3,(H,33,34)(H,30,31,32). The molecule has 182 valence electrons. The molecule has 0 bridgehead atoms. The third-order valence-electron chi connectivity index (χ3n) is 7.36. The van der Waals surface area contributed by atoms with Gasteiger partial charge < -0.3 is 14.8 Å². The molecule has 0 saturated heterocycles. The first-order chi connectivity index (χ1) is 16.9. The summed E-state index contributed by atoms with van der Waals surface area (Å²) in [7, 11) is 0. The maximum absolute atomic E-state index is 11.2. The molecule has 1 unspecified atom stereocenters. The number of carboxylic acid groups (broad SMARTS) is 1. The topological polar surface area (TPSA) is 88.1 Å². The van der Waals surface area contributed by atoms with Crippen molar-refractivity contribution in [1.82, 2.24) is 15.0 Å². The third kappa shape index (κ3) is 4.98. The second-order valence-electron chi connectivity index (χ2n) is 9.72. The van der Waals surface area contributed by atoms with Crippen LogP contribution in [0.5, 0.6) is 6.01 Å². The number of allylic oxidation sites excluding steroid dienone is 10. The highest BCUT2D eigenvalue weighted by molar-refractivity contribution is 6.32. The number of fused-ring (bicyclic) bond motifs is 1. The Balaban J connectivity index is 1.37. The Hall–Kier alpha value is -3.12. The van der Waals surface area contributed by atoms with Crippen LogP contribution in [0.15, 0.2) is 59.2 Å². The number of carboxylic acids is 1. The molecule has 5 rings (SSSR count). The van der Waals surface area contributed by atoms with E-state index in [2.05, 4.69) is 60.3 Å². The molecule has 3 aliphatic carbocycles. The highest BCUT2D eigenvalue weighted by Crippen LogP contribution is 2.34. The number of hydrogen-bond donors (Lipinski definition) is 2. The Labute approximate surface area is 210 Å². The van der Waals surface area contributed by atoms with E-state index in [0.29, 0.717) is 59.5 Å². The van der Waals surface area contributed by atoms with E-state index in [4.69, 9.17) is 21.3 Å². The van der Waals surface area contributed by atoms with E-state index in [9.17, 15) is 9.90 Å². The first-order valence-electron chi connectivity index (χ1n) is 12.3. The second-order valence-corrected chi connectivity index (χ2v) is 10.1. The van der Waals surface area contributed by atoms with Crippen molar-refractivity contribution in [3.63, 3.8) is 0 Å². The van der Waals surface area contributed by atoms with Crippen molar-refractivity contribution in [2.75, 3.05) is 0 Å². The Morgan fingerprint density at radius 1 is 1.14 bits per heavy atom. The van der Waals surface area contributed by atoms with Crippen molar-refractivity contribution in [2.24, 2.45) is 11.8 Å². The zero-order valence-corrected chi connectivity index (χ0v) is 20.8. The fourth-order valence-corrected chi connectivity index (χ4v) is 5.31. The summed E-state index contributed by atoms with van der Waals surface area (Å²) in [5.41, 5.74) is 6.94. The summed E-state index contributed by atoms with van der Waals surface area (Å²) in [4.78, 5) is 23.6. The summed E-state index contributed by atoms with van der Waals surface area (Å²) in [6, 6.07) is 2.23. The molecule has 0 spiro atoms. The lowest BCUT2D eigenvalue weighted by Gasteiger charge is -2.25. The molecule has 1 atom stereocenters. The number of hydrogen-bond acceptors (Lipinski definition) is 4. The molecule has 1 fully saturated rings. The van der Waals surface area contributed by atoms with Crippen molar-refractivity contribution in [3.05, 3.63) is 70.0 Å². The fraction of sp³-hybridized carbons (Fsp3) is 0.393. The van der Waals surface area contributed by atoms with Crippen LogP contribution in [0.2, 0.25) is 5.02 Å². The lowest BCUT2D eigenvalue weighted by Crippen LogP contribution is -2.28. The van der Waals surface area contributed by atoms with Crippen LogP contribution >= 0.6 is 11.6 Å². The molecule has 2 aromatic rings. The van der Waals surface area contributed by atoms with Crippen LogP contribution in [0.1, 0.15) is 58.1 Å². The van der Waals surface area contributed by atoms with Crippen molar-refractivity contribution >= 4 is 34.3 Å². The molecule has 6 nitrogen and oxygen atoms in total. The largest absolute Gasteiger partial charge is 0.481 e. The van der Waals surface area contributed by atoms with Crippen LogP contribution in [-0.4, -0.2) is 32.1 Å². The molecule has 0 aromatic carbocycles. The third-order valence-corrected chi connectivity index (χ3v) is 7.65. The highest BCUT2D eigenvalue weighted by Gasteiger charge is 2.27. The van der Waals surface area contributed by atoms with E-state index in [1.807, 2.05) is 6.07 Å². The first kappa shape index (κ1) is 23.6. The molecule has 0 amide bonds. The zero-order valence-electron chi connectivity index (χ0n) is 20.1. The number of H-pyrrole nitrogens is 1. The van der Waals surface area contributed by atoms with Gasteiger partial charge in [0.1, 0.15) is 6.10 Å². The molecular formula is C28H30ClN3O3. The molecule has 3 aliphatic rings. The number of pyridine rings is 1. The number of nitrogens with zero attached hydrogens (tertiary/aromatic N) is 2. The van der Waals surface area contributed by atoms with E-state index < -0.39 is 5.97 Å². The minimum absolute atomic E-state index is 0.0496. The van der Waals surface area contributed by atoms with E-state index in [-0.39, 0.29) is 12.0 Å². The summed E-state index contributed by atoms with van der Waals surface area (Å²) in [6.45, 7) is 4.50. The van der Waals surface area contributed by atoms with Gasteiger partial charge in [-0.05, 0) is 68.6 Å². The SMILES string of the molecule is CC1=C(C2=CC=C(c3nc4nc(OC5CCC(C(=O)O)CC5)[nH]c4cc3Cl)C=CC2)C=CCC1C. The maximum Gasteiger partial charge on any atom is 0.306 e. The quantitative estimate of drug-likeness (QED) is 0.479. The van der Waals surface area contributed by atoms with Crippen LogP contribution in [0.25, 0.3) is 16.7 Å². The van der Waals surface area contributed by atoms with Crippen molar-refractivity contribution in [2.45, 2.75) is 58.5 Å². The van der Waals surface area contributed by atoms with E-state index in [0.717, 1.165) is 18.4 Å². The monoisotopic (exact) mass is 491 g/mol. The first-order valence-corrected chi connectivity index (χ1v) is 12.7. The molecule has 2 heterocycles. The van der Waals surface area contributed by atoms with Gasteiger partial charge in [-0.2, -0.15) is 4.98 Å². The van der Waals surface area contributed by atoms with E-state index in [1.54, 1.807) is 0 Å². The molecule has 2 aromatic heterocycles. The van der Waals surface area contributed by atoms with Gasteiger partial charge in [0.05, 0.1) is 22.2 Å². The van der Waals surface area contributed by atoms with Crippen molar-refractivity contribution in [3.8, 4) is 6.01 Å². The Bertz CT molecular complexity index is 1310. The van der Waals surface area contributed by atoms with E-state index in [1.165, 1.54) is 16.7 Å². The van der Waals surface area contributed by atoms with Crippen LogP contribution < -0.4 is 4.74 Å². The second kappa shape index (κ2) is 9.86. The number of rotatable bonds is 5. The average molecular weight is 492 g/mol. The van der Waals surface area contributed by atoms with Gasteiger partial charge in [0.2, 0.25) is 0 Å². The molecular weight excluding hydrogens is 462 g/mol. The summed E-state index contributed by atoms with van der Waals surface area (Å²) in [5, 5.41) is 9.74. The van der Waals surface area contributed by atoms with Crippen molar-refractivity contribution in [1.29, 1.82) is 0 Å². The summed E-state index contributed by atoms with van der Waals surface area (Å²) >= 11 is 6.64. The van der Waals surface area contributed by atoms with Gasteiger partial charge in [-0.3, -0.25) is 4.79 Å². The minimum Gasteiger partial charge on any atom is -0.481 e. The number of nitrogens with one attached hydrogen (secondary N) is 1. The van der Waals surface area contributed by atoms with Crippen LogP contribution in [0, 0.1) is 11.8 Å². The predicted octanol–water partition coefficient (Wildman–Crippen LogP) is 6.82. The normalized spacial score (nSPS) is 24.8. The summed E-state index contributed by atoms with van der Waals surface area (Å²) < 4.78 is 6.02. The Morgan fingerprint density at radius 2 is 1.94 bits per heavy atom. The predicted molar refractivity (Wildman–Crippen MR) is 138 cm³/mol. The van der Waals surface area contributed by atoms with Gasteiger partial charge in [-0.1, -0.05) is 60.6 Å². The van der Waals surface area contributed by atoms with Gasteiger partial charge in [0.15, 0.2) is 5.65 Å². The number of carbonyl (C=O) groups is 1. The molecule has 0 radical (unpaired) electrons. The number of aromatic amines is 1.